The highest BCUT2D eigenvalue weighted by Gasteiger charge is 2.21. The molecule has 10 heteroatoms. The molecule has 2 N–H and O–H groups in total. The summed E-state index contributed by atoms with van der Waals surface area (Å²) >= 11 is 0.895. The van der Waals surface area contributed by atoms with Gasteiger partial charge >= 0.3 is 0 Å². The minimum absolute atomic E-state index is 0.0556. The summed E-state index contributed by atoms with van der Waals surface area (Å²) in [6, 6.07) is 8.30. The van der Waals surface area contributed by atoms with Crippen LogP contribution in [0.25, 0.3) is 0 Å². The summed E-state index contributed by atoms with van der Waals surface area (Å²) in [4.78, 5) is 27.1. The summed E-state index contributed by atoms with van der Waals surface area (Å²) in [5.41, 5.74) is 2.76. The number of hydrogen-bond donors (Lipinski definition) is 2. The van der Waals surface area contributed by atoms with Crippen molar-refractivity contribution in [2.24, 2.45) is 0 Å². The van der Waals surface area contributed by atoms with Crippen molar-refractivity contribution in [2.75, 3.05) is 25.1 Å². The second kappa shape index (κ2) is 12.0. The Kier molecular flexibility index (Phi) is 9.76. The van der Waals surface area contributed by atoms with Crippen LogP contribution in [-0.2, 0) is 30.8 Å². The Morgan fingerprint density at radius 2 is 1.81 bits per heavy atom. The van der Waals surface area contributed by atoms with E-state index in [9.17, 15) is 18.0 Å². The van der Waals surface area contributed by atoms with Gasteiger partial charge in [-0.3, -0.25) is 9.59 Å². The van der Waals surface area contributed by atoms with Gasteiger partial charge in [0.05, 0.1) is 18.9 Å². The van der Waals surface area contributed by atoms with Crippen LogP contribution in [0, 0.1) is 13.8 Å². The molecule has 1 aromatic heterocycles. The molecule has 0 fully saturated rings. The van der Waals surface area contributed by atoms with E-state index in [1.165, 1.54) is 18.1 Å². The minimum atomic E-state index is -3.74. The molecule has 0 bridgehead atoms. The lowest BCUT2D eigenvalue weighted by Crippen LogP contribution is -2.27. The maximum Gasteiger partial charge on any atom is 0.252 e. The zero-order chi connectivity index (χ0) is 22.9. The van der Waals surface area contributed by atoms with E-state index in [4.69, 9.17) is 4.74 Å². The van der Waals surface area contributed by atoms with E-state index in [0.717, 1.165) is 24.2 Å². The van der Waals surface area contributed by atoms with Crippen molar-refractivity contribution < 1.29 is 22.7 Å². The predicted molar refractivity (Wildman–Crippen MR) is 121 cm³/mol. The molecule has 0 unspecified atom stereocenters. The van der Waals surface area contributed by atoms with E-state index in [-0.39, 0.29) is 40.8 Å². The first-order chi connectivity index (χ1) is 14.7. The third kappa shape index (κ3) is 8.86. The van der Waals surface area contributed by atoms with Crippen LogP contribution in [0.4, 0.5) is 5.13 Å². The molecule has 0 aliphatic heterocycles. The number of rotatable bonds is 13. The van der Waals surface area contributed by atoms with Gasteiger partial charge in [0.1, 0.15) is 5.78 Å². The van der Waals surface area contributed by atoms with Gasteiger partial charge in [0, 0.05) is 26.3 Å². The number of nitrogens with zero attached hydrogens (tertiary/aromatic N) is 1. The number of Topliss-reactive ketones (excluding diaryl/α,β-unsaturated/α-hetero) is 1. The normalized spacial score (nSPS) is 11.5. The van der Waals surface area contributed by atoms with Gasteiger partial charge in [0.15, 0.2) is 9.34 Å². The minimum Gasteiger partial charge on any atom is -0.380 e. The Labute approximate surface area is 187 Å². The molecule has 0 saturated carbocycles. The summed E-state index contributed by atoms with van der Waals surface area (Å²) < 4.78 is 32.7. The SMILES string of the molecule is CC(=O)Nc1nc(C)c(S(=O)(=O)NCCOCCC(=O)CCCc2ccc(C)cc2)s1. The van der Waals surface area contributed by atoms with Gasteiger partial charge in [0.25, 0.3) is 10.0 Å². The van der Waals surface area contributed by atoms with Gasteiger partial charge in [-0.15, -0.1) is 0 Å². The second-order valence-corrected chi connectivity index (χ2v) is 10.2. The number of aryl methyl sites for hydroxylation is 3. The fraction of sp³-hybridized carbons (Fsp3) is 0.476. The second-order valence-electron chi connectivity index (χ2n) is 7.21. The van der Waals surface area contributed by atoms with E-state index < -0.39 is 10.0 Å². The van der Waals surface area contributed by atoms with Crippen molar-refractivity contribution >= 4 is 38.2 Å². The average molecular weight is 468 g/mol. The Morgan fingerprint density at radius 1 is 1.10 bits per heavy atom. The number of ketones is 1. The molecular formula is C21H29N3O5S2. The van der Waals surface area contributed by atoms with Crippen LogP contribution in [0.5, 0.6) is 0 Å². The van der Waals surface area contributed by atoms with Crippen LogP contribution in [0.1, 0.15) is 43.0 Å². The fourth-order valence-electron chi connectivity index (χ4n) is 2.81. The lowest BCUT2D eigenvalue weighted by atomic mass is 10.0. The number of sulfonamides is 1. The predicted octanol–water partition coefficient (Wildman–Crippen LogP) is 3.00. The molecule has 170 valence electrons. The number of nitrogens with one attached hydrogen (secondary N) is 2. The topological polar surface area (TPSA) is 114 Å². The third-order valence-corrected chi connectivity index (χ3v) is 7.53. The zero-order valence-electron chi connectivity index (χ0n) is 18.1. The highest BCUT2D eigenvalue weighted by atomic mass is 32.2. The molecule has 2 rings (SSSR count). The summed E-state index contributed by atoms with van der Waals surface area (Å²) in [5.74, 6) is -0.178. The van der Waals surface area contributed by atoms with Crippen LogP contribution in [0.2, 0.25) is 0 Å². The monoisotopic (exact) mass is 467 g/mol. The highest BCUT2D eigenvalue weighted by Crippen LogP contribution is 2.26. The quantitative estimate of drug-likeness (QED) is 0.438. The molecule has 0 saturated heterocycles. The first-order valence-corrected chi connectivity index (χ1v) is 12.4. The number of carbonyl (C=O) groups excluding carboxylic acids is 2. The third-order valence-electron chi connectivity index (χ3n) is 4.39. The fourth-order valence-corrected chi connectivity index (χ4v) is 5.32. The molecule has 2 aromatic rings. The van der Waals surface area contributed by atoms with E-state index >= 15 is 0 Å². The van der Waals surface area contributed by atoms with Gasteiger partial charge in [0.2, 0.25) is 5.91 Å². The molecule has 0 aliphatic carbocycles. The number of ether oxygens (including phenoxy) is 1. The first kappa shape index (κ1) is 25.1. The van der Waals surface area contributed by atoms with Crippen molar-refractivity contribution in [1.82, 2.24) is 9.71 Å². The van der Waals surface area contributed by atoms with Gasteiger partial charge in [-0.2, -0.15) is 0 Å². The Bertz CT molecular complexity index is 985. The van der Waals surface area contributed by atoms with Crippen molar-refractivity contribution in [3.05, 3.63) is 41.1 Å². The number of anilines is 1. The smallest absolute Gasteiger partial charge is 0.252 e. The largest absolute Gasteiger partial charge is 0.380 e. The molecule has 0 radical (unpaired) electrons. The Balaban J connectivity index is 1.62. The molecule has 0 atom stereocenters. The van der Waals surface area contributed by atoms with Crippen molar-refractivity contribution in [3.63, 3.8) is 0 Å². The lowest BCUT2D eigenvalue weighted by molar-refractivity contribution is -0.120. The van der Waals surface area contributed by atoms with Crippen LogP contribution < -0.4 is 10.0 Å². The number of amides is 1. The van der Waals surface area contributed by atoms with E-state index in [2.05, 4.69) is 39.3 Å². The number of hydrogen-bond acceptors (Lipinski definition) is 7. The highest BCUT2D eigenvalue weighted by molar-refractivity contribution is 7.91. The molecule has 31 heavy (non-hydrogen) atoms. The number of benzene rings is 1. The summed E-state index contributed by atoms with van der Waals surface area (Å²) in [7, 11) is -3.74. The molecule has 1 heterocycles. The summed E-state index contributed by atoms with van der Waals surface area (Å²) in [6.07, 6.45) is 2.49. The Hall–Kier alpha value is -2.14. The summed E-state index contributed by atoms with van der Waals surface area (Å²) in [5, 5.41) is 2.72. The number of carbonyl (C=O) groups is 2. The van der Waals surface area contributed by atoms with Crippen molar-refractivity contribution in [3.8, 4) is 0 Å². The van der Waals surface area contributed by atoms with Gasteiger partial charge in [-0.05, 0) is 32.3 Å². The maximum absolute atomic E-state index is 12.4. The van der Waals surface area contributed by atoms with Crippen molar-refractivity contribution in [2.45, 2.75) is 50.7 Å². The van der Waals surface area contributed by atoms with Crippen LogP contribution in [0.3, 0.4) is 0 Å². The zero-order valence-corrected chi connectivity index (χ0v) is 19.7. The van der Waals surface area contributed by atoms with Gasteiger partial charge in [-0.25, -0.2) is 18.1 Å². The molecule has 1 aromatic carbocycles. The standard InChI is InChI=1S/C21H29N3O5S2/c1-15-7-9-18(10-8-15)5-4-6-19(26)11-13-29-14-12-22-31(27,28)20-16(2)23-21(30-20)24-17(3)25/h7-10,22H,4-6,11-14H2,1-3H3,(H,23,24,25). The molecular weight excluding hydrogens is 438 g/mol. The molecule has 0 spiro atoms. The van der Waals surface area contributed by atoms with Gasteiger partial charge < -0.3 is 10.1 Å². The first-order valence-electron chi connectivity index (χ1n) is 10.1. The van der Waals surface area contributed by atoms with Crippen LogP contribution in [-0.4, -0.2) is 44.9 Å². The van der Waals surface area contributed by atoms with Crippen LogP contribution in [0.15, 0.2) is 28.5 Å². The van der Waals surface area contributed by atoms with E-state index in [1.54, 1.807) is 6.92 Å². The average Bonchev–Trinajstić information content (AvgIpc) is 3.06. The van der Waals surface area contributed by atoms with E-state index in [1.807, 2.05) is 6.92 Å². The number of thiazole rings is 1. The molecule has 0 aliphatic rings. The van der Waals surface area contributed by atoms with Crippen molar-refractivity contribution in [1.29, 1.82) is 0 Å². The van der Waals surface area contributed by atoms with Gasteiger partial charge in [-0.1, -0.05) is 41.2 Å². The maximum atomic E-state index is 12.4. The number of aromatic nitrogens is 1. The summed E-state index contributed by atoms with van der Waals surface area (Å²) in [6.45, 7) is 5.44. The lowest BCUT2D eigenvalue weighted by Gasteiger charge is -2.07. The Morgan fingerprint density at radius 3 is 2.48 bits per heavy atom. The molecule has 8 nitrogen and oxygen atoms in total. The van der Waals surface area contributed by atoms with E-state index in [0.29, 0.717) is 18.5 Å². The van der Waals surface area contributed by atoms with Crippen LogP contribution >= 0.6 is 11.3 Å². The molecule has 1 amide bonds.